The Labute approximate surface area is 601 Å². The van der Waals surface area contributed by atoms with Crippen molar-refractivity contribution >= 4 is 98.1 Å². The zero-order valence-corrected chi connectivity index (χ0v) is 63.7. The van der Waals surface area contributed by atoms with E-state index in [0.29, 0.717) is 40.9 Å². The lowest BCUT2D eigenvalue weighted by Gasteiger charge is -2.19. The van der Waals surface area contributed by atoms with Gasteiger partial charge in [-0.1, -0.05) is 215 Å². The van der Waals surface area contributed by atoms with Crippen LogP contribution < -0.4 is 10.6 Å². The summed E-state index contributed by atoms with van der Waals surface area (Å²) in [6, 6.07) is 64.2. The second-order valence-corrected chi connectivity index (χ2v) is 33.3. The number of hydrogen-bond donors (Lipinski definition) is 2. The fraction of sp³-hybridized carbons (Fsp3) is 0.506. The molecule has 6 rings (SSSR count). The van der Waals surface area contributed by atoms with Crippen molar-refractivity contribution in [1.29, 1.82) is 0 Å². The maximum atomic E-state index is 12.2. The number of nitrogens with zero attached hydrogens (tertiary/aromatic N) is 2. The Morgan fingerprint density at radius 2 is 0.674 bits per heavy atom. The SMILES string of the molecule is CCN(CC)C(=O)CCCCC(CCSCc1ccccc1)SCc1ccccc1.CCN(CC)CCNC(=O)CCCCC(CCSCc1ccccc1)SCc1ccccc1.CS(=O)(=O)CCNC(=O)CCCCC(CCSCc1ccccc1)SCc1ccccc1. The highest BCUT2D eigenvalue weighted by Crippen LogP contribution is 2.30. The number of nitrogens with one attached hydrogen (secondary N) is 2. The molecule has 0 bridgehead atoms. The van der Waals surface area contributed by atoms with Crippen molar-refractivity contribution in [2.75, 3.05) is 75.1 Å². The first-order valence-corrected chi connectivity index (χ1v) is 43.6. The standard InChI is InChI=1S/C28H42N2OS2.C26H37NOS2.C25H35NO3S3/c1-3-30(4-2)21-20-29-28(31)18-12-11-17-27(33-24-26-15-9-6-10-16-26)19-22-32-23-25-13-7-5-8-14-25;1-3-27(4-2)26(28)18-12-11-17-25(30-22-24-15-9-6-10-16-24)19-20-29-21-23-13-7-5-8-14-23;1-32(28,29)19-17-26-25(27)15-9-8-14-24(31-21-23-12-6-3-7-13-23)16-18-30-20-22-10-4-2-5-11-22/h5-10,13-16,27H,3-4,11-12,17-24H2,1-2H3,(H,29,31);5-10,13-16,25H,3-4,11-12,17-22H2,1-2H3;2-7,10-13,24H,8-9,14-21H2,1H3,(H,26,27). The summed E-state index contributed by atoms with van der Waals surface area (Å²) in [4.78, 5) is 40.6. The van der Waals surface area contributed by atoms with E-state index in [0.717, 1.165) is 131 Å². The van der Waals surface area contributed by atoms with Gasteiger partial charge in [0.2, 0.25) is 17.7 Å². The fourth-order valence-corrected chi connectivity index (χ4v) is 18.1. The maximum absolute atomic E-state index is 12.2. The van der Waals surface area contributed by atoms with Crippen LogP contribution in [0.2, 0.25) is 0 Å². The molecule has 522 valence electrons. The Morgan fingerprint density at radius 1 is 0.379 bits per heavy atom. The summed E-state index contributed by atoms with van der Waals surface area (Å²) in [7, 11) is -3.03. The van der Waals surface area contributed by atoms with Crippen LogP contribution >= 0.6 is 70.6 Å². The summed E-state index contributed by atoms with van der Waals surface area (Å²) >= 11 is 12.2. The topological polar surface area (TPSA) is 116 Å². The number of rotatable bonds is 49. The number of likely N-dealkylation sites (N-methyl/N-ethyl adjacent to an activating group) is 1. The molecule has 16 heteroatoms. The van der Waals surface area contributed by atoms with E-state index in [1.807, 2.05) is 58.0 Å². The Kier molecular flexibility index (Phi) is 47.8. The quantitative estimate of drug-likeness (QED) is 0.0354. The number of amides is 3. The van der Waals surface area contributed by atoms with Gasteiger partial charge in [0.1, 0.15) is 9.84 Å². The van der Waals surface area contributed by atoms with Gasteiger partial charge in [0.05, 0.1) is 5.75 Å². The monoisotopic (exact) mass is 1420 g/mol. The zero-order valence-electron chi connectivity index (χ0n) is 58.0. The summed E-state index contributed by atoms with van der Waals surface area (Å²) in [5.41, 5.74) is 8.34. The van der Waals surface area contributed by atoms with E-state index < -0.39 is 9.84 Å². The van der Waals surface area contributed by atoms with E-state index in [-0.39, 0.29) is 24.1 Å². The maximum Gasteiger partial charge on any atom is 0.222 e. The predicted molar refractivity (Wildman–Crippen MR) is 423 cm³/mol. The van der Waals surface area contributed by atoms with Gasteiger partial charge in [0.15, 0.2) is 0 Å². The van der Waals surface area contributed by atoms with Crippen LogP contribution in [0.15, 0.2) is 182 Å². The van der Waals surface area contributed by atoms with Crippen LogP contribution in [0.4, 0.5) is 0 Å². The molecular weight excluding hydrogens is 1310 g/mol. The smallest absolute Gasteiger partial charge is 0.222 e. The first-order valence-electron chi connectivity index (χ1n) is 34.9. The number of thioether (sulfide) groups is 6. The van der Waals surface area contributed by atoms with Crippen molar-refractivity contribution in [2.45, 2.75) is 174 Å². The van der Waals surface area contributed by atoms with Crippen molar-refractivity contribution in [3.8, 4) is 0 Å². The molecule has 3 amide bonds. The molecule has 0 aliphatic heterocycles. The average molecular weight is 1420 g/mol. The minimum atomic E-state index is -3.03. The van der Waals surface area contributed by atoms with Gasteiger partial charge < -0.3 is 20.4 Å². The Morgan fingerprint density at radius 3 is 0.968 bits per heavy atom. The molecule has 0 aromatic heterocycles. The average Bonchev–Trinajstić information content (AvgIpc) is 3.72. The lowest BCUT2D eigenvalue weighted by molar-refractivity contribution is -0.131. The van der Waals surface area contributed by atoms with Crippen LogP contribution in [0.1, 0.15) is 157 Å². The third-order valence-corrected chi connectivity index (χ3v) is 24.6. The number of unbranched alkanes of at least 4 members (excludes halogenated alkanes) is 3. The molecule has 0 saturated heterocycles. The van der Waals surface area contributed by atoms with Gasteiger partial charge in [0, 0.05) is 109 Å². The molecule has 3 atom stereocenters. The lowest BCUT2D eigenvalue weighted by atomic mass is 10.1. The van der Waals surface area contributed by atoms with Gasteiger partial charge in [-0.25, -0.2) is 8.42 Å². The first kappa shape index (κ1) is 83.2. The molecule has 0 saturated carbocycles. The normalized spacial score (nSPS) is 12.1. The van der Waals surface area contributed by atoms with Gasteiger partial charge in [0.25, 0.3) is 0 Å². The van der Waals surface area contributed by atoms with E-state index >= 15 is 0 Å². The first-order chi connectivity index (χ1) is 46.4. The molecular formula is C79H114N4O5S7. The summed E-state index contributed by atoms with van der Waals surface area (Å²) < 4.78 is 22.3. The van der Waals surface area contributed by atoms with Crippen LogP contribution in [0.5, 0.6) is 0 Å². The van der Waals surface area contributed by atoms with Crippen molar-refractivity contribution in [2.24, 2.45) is 0 Å². The third-order valence-electron chi connectivity index (χ3n) is 16.2. The number of sulfone groups is 1. The van der Waals surface area contributed by atoms with Crippen LogP contribution in [0, 0.1) is 0 Å². The second-order valence-electron chi connectivity index (χ2n) is 23.9. The summed E-state index contributed by atoms with van der Waals surface area (Å²) in [5.74, 6) is 10.4. The third kappa shape index (κ3) is 43.7. The Bertz CT molecular complexity index is 2940. The summed E-state index contributed by atoms with van der Waals surface area (Å²) in [5, 5.41) is 7.68. The minimum Gasteiger partial charge on any atom is -0.355 e. The van der Waals surface area contributed by atoms with Crippen molar-refractivity contribution in [1.82, 2.24) is 20.4 Å². The molecule has 0 radical (unpaired) electrons. The summed E-state index contributed by atoms with van der Waals surface area (Å²) in [6.07, 6.45) is 16.2. The zero-order chi connectivity index (χ0) is 68.1. The van der Waals surface area contributed by atoms with Crippen molar-refractivity contribution < 1.29 is 22.8 Å². The second kappa shape index (κ2) is 54.6. The van der Waals surface area contributed by atoms with E-state index in [9.17, 15) is 22.8 Å². The summed E-state index contributed by atoms with van der Waals surface area (Å²) in [6.45, 7) is 14.1. The van der Waals surface area contributed by atoms with E-state index in [2.05, 4.69) is 243 Å². The fourth-order valence-electron chi connectivity index (χ4n) is 10.4. The molecule has 0 heterocycles. The van der Waals surface area contributed by atoms with Gasteiger partial charge in [-0.15, -0.1) is 0 Å². The molecule has 6 aromatic rings. The molecule has 95 heavy (non-hydrogen) atoms. The number of carbonyl (C=O) groups excluding carboxylic acids is 3. The molecule has 3 unspecified atom stereocenters. The van der Waals surface area contributed by atoms with Crippen LogP contribution in [0.3, 0.4) is 0 Å². The van der Waals surface area contributed by atoms with Crippen molar-refractivity contribution in [3.63, 3.8) is 0 Å². The number of hydrogen-bond acceptors (Lipinski definition) is 12. The van der Waals surface area contributed by atoms with Crippen molar-refractivity contribution in [3.05, 3.63) is 215 Å². The van der Waals surface area contributed by atoms with Gasteiger partial charge in [-0.05, 0) is 135 Å². The molecule has 0 fully saturated rings. The highest BCUT2D eigenvalue weighted by Gasteiger charge is 2.16. The largest absolute Gasteiger partial charge is 0.355 e. The van der Waals surface area contributed by atoms with E-state index in [4.69, 9.17) is 0 Å². The lowest BCUT2D eigenvalue weighted by Crippen LogP contribution is -2.34. The van der Waals surface area contributed by atoms with Gasteiger partial charge >= 0.3 is 0 Å². The van der Waals surface area contributed by atoms with Crippen LogP contribution in [0.25, 0.3) is 0 Å². The highest BCUT2D eigenvalue weighted by atomic mass is 32.2. The van der Waals surface area contributed by atoms with Gasteiger partial charge in [-0.2, -0.15) is 70.6 Å². The molecule has 9 nitrogen and oxygen atoms in total. The molecule has 0 spiro atoms. The molecule has 2 N–H and O–H groups in total. The Hall–Kier alpha value is -4.26. The number of benzene rings is 6. The van der Waals surface area contributed by atoms with E-state index in [1.165, 1.54) is 76.8 Å². The molecule has 0 aliphatic rings. The minimum absolute atomic E-state index is 0.00239. The Balaban J connectivity index is 0.000000304. The molecule has 6 aromatic carbocycles. The molecule has 0 aliphatic carbocycles. The van der Waals surface area contributed by atoms with Crippen LogP contribution in [-0.2, 0) is 58.7 Å². The highest BCUT2D eigenvalue weighted by molar-refractivity contribution is 8.00. The predicted octanol–water partition coefficient (Wildman–Crippen LogP) is 19.0. The van der Waals surface area contributed by atoms with E-state index in [1.54, 1.807) is 0 Å². The van der Waals surface area contributed by atoms with Gasteiger partial charge in [-0.3, -0.25) is 14.4 Å². The number of carbonyl (C=O) groups is 3. The van der Waals surface area contributed by atoms with Crippen LogP contribution in [-0.4, -0.2) is 127 Å².